The third-order valence-corrected chi connectivity index (χ3v) is 5.66. The van der Waals surface area contributed by atoms with Crippen LogP contribution in [0.15, 0.2) is 84.4 Å². The normalized spacial score (nSPS) is 22.5. The number of benzene rings is 3. The molecular weight excluding hydrogens is 336 g/mol. The summed E-state index contributed by atoms with van der Waals surface area (Å²) in [7, 11) is 0. The van der Waals surface area contributed by atoms with Gasteiger partial charge >= 0.3 is 0 Å². The van der Waals surface area contributed by atoms with Crippen LogP contribution < -0.4 is 0 Å². The fourth-order valence-corrected chi connectivity index (χ4v) is 4.44. The van der Waals surface area contributed by atoms with Crippen LogP contribution in [0.3, 0.4) is 0 Å². The smallest absolute Gasteiger partial charge is 0.190 e. The van der Waals surface area contributed by atoms with Gasteiger partial charge in [0.1, 0.15) is 11.5 Å². The van der Waals surface area contributed by atoms with Gasteiger partial charge in [-0.15, -0.1) is 0 Å². The van der Waals surface area contributed by atoms with E-state index in [2.05, 4.69) is 0 Å². The predicted molar refractivity (Wildman–Crippen MR) is 103 cm³/mol. The number of ketones is 2. The van der Waals surface area contributed by atoms with Gasteiger partial charge in [-0.1, -0.05) is 78.9 Å². The molecule has 2 aliphatic rings. The van der Waals surface area contributed by atoms with Crippen LogP contribution in [0.5, 0.6) is 0 Å². The zero-order chi connectivity index (χ0) is 18.6. The van der Waals surface area contributed by atoms with Crippen LogP contribution in [0.2, 0.25) is 0 Å². The highest BCUT2D eigenvalue weighted by molar-refractivity contribution is 6.24. The fraction of sp³-hybridized carbons (Fsp3) is 0.0833. The molecule has 27 heavy (non-hydrogen) atoms. The Kier molecular flexibility index (Phi) is 3.30. The first-order valence-corrected chi connectivity index (χ1v) is 8.89. The van der Waals surface area contributed by atoms with Crippen molar-refractivity contribution in [2.45, 2.75) is 11.5 Å². The van der Waals surface area contributed by atoms with E-state index in [1.54, 1.807) is 54.6 Å². The molecule has 3 aromatic carbocycles. The average molecular weight is 352 g/mol. The molecule has 130 valence electrons. The Labute approximate surface area is 156 Å². The largest absolute Gasteiger partial charge is 0.387 e. The average Bonchev–Trinajstić information content (AvgIpc) is 3.19. The maximum Gasteiger partial charge on any atom is 0.190 e. The Hall–Kier alpha value is -3.30. The number of aliphatic hydroxyl groups excluding tert-OH is 1. The summed E-state index contributed by atoms with van der Waals surface area (Å²) < 4.78 is 0. The van der Waals surface area contributed by atoms with Gasteiger partial charge in [-0.25, -0.2) is 0 Å². The van der Waals surface area contributed by atoms with Crippen LogP contribution in [0.25, 0.3) is 6.08 Å². The monoisotopic (exact) mass is 352 g/mol. The van der Waals surface area contributed by atoms with Crippen molar-refractivity contribution in [2.24, 2.45) is 0 Å². The molecule has 3 nitrogen and oxygen atoms in total. The topological polar surface area (TPSA) is 54.4 Å². The number of carbonyl (C=O) groups excluding carboxylic acids is 2. The second-order valence-corrected chi connectivity index (χ2v) is 6.97. The van der Waals surface area contributed by atoms with Gasteiger partial charge in [0.05, 0.1) is 0 Å². The van der Waals surface area contributed by atoms with Crippen molar-refractivity contribution < 1.29 is 14.7 Å². The van der Waals surface area contributed by atoms with Crippen molar-refractivity contribution in [3.63, 3.8) is 0 Å². The quantitative estimate of drug-likeness (QED) is 0.706. The van der Waals surface area contributed by atoms with E-state index >= 15 is 0 Å². The Bertz CT molecular complexity index is 1130. The van der Waals surface area contributed by atoms with Crippen molar-refractivity contribution in [3.8, 4) is 0 Å². The summed E-state index contributed by atoms with van der Waals surface area (Å²) >= 11 is 0. The molecule has 3 heteroatoms. The predicted octanol–water partition coefficient (Wildman–Crippen LogP) is 4.13. The SMILES string of the molecule is O=C(C1=Cc2ccccc2[C@@]12C(=O)c1ccccc1[C@@H]2O)c1ccccc1. The first kappa shape index (κ1) is 15.9. The van der Waals surface area contributed by atoms with Crippen LogP contribution >= 0.6 is 0 Å². The molecule has 0 amide bonds. The number of fused-ring (bicyclic) bond motifs is 3. The Morgan fingerprint density at radius 2 is 1.52 bits per heavy atom. The van der Waals surface area contributed by atoms with E-state index < -0.39 is 11.5 Å². The number of rotatable bonds is 2. The minimum absolute atomic E-state index is 0.217. The summed E-state index contributed by atoms with van der Waals surface area (Å²) in [6.45, 7) is 0. The van der Waals surface area contributed by atoms with E-state index in [1.807, 2.05) is 30.3 Å². The van der Waals surface area contributed by atoms with Crippen molar-refractivity contribution in [3.05, 3.63) is 112 Å². The lowest BCUT2D eigenvalue weighted by molar-refractivity contribution is 0.0698. The minimum Gasteiger partial charge on any atom is -0.387 e. The zero-order valence-corrected chi connectivity index (χ0v) is 14.4. The van der Waals surface area contributed by atoms with E-state index in [0.717, 1.165) is 5.56 Å². The molecule has 0 fully saturated rings. The summed E-state index contributed by atoms with van der Waals surface area (Å²) in [5, 5.41) is 11.3. The van der Waals surface area contributed by atoms with Gasteiger partial charge in [-0.3, -0.25) is 9.59 Å². The van der Waals surface area contributed by atoms with E-state index in [4.69, 9.17) is 0 Å². The molecule has 3 aromatic rings. The van der Waals surface area contributed by atoms with Gasteiger partial charge in [0.25, 0.3) is 0 Å². The molecular formula is C24H16O3. The first-order valence-electron chi connectivity index (χ1n) is 8.89. The number of Topliss-reactive ketones (excluding diaryl/α,β-unsaturated/α-hetero) is 2. The Morgan fingerprint density at radius 1 is 0.852 bits per heavy atom. The fourth-order valence-electron chi connectivity index (χ4n) is 4.44. The summed E-state index contributed by atoms with van der Waals surface area (Å²) in [6, 6.07) is 23.4. The molecule has 0 aliphatic heterocycles. The summed E-state index contributed by atoms with van der Waals surface area (Å²) in [6.07, 6.45) is 0.668. The van der Waals surface area contributed by atoms with Gasteiger partial charge in [-0.2, -0.15) is 0 Å². The highest BCUT2D eigenvalue weighted by atomic mass is 16.3. The second-order valence-electron chi connectivity index (χ2n) is 6.97. The summed E-state index contributed by atoms with van der Waals surface area (Å²) in [4.78, 5) is 27.0. The summed E-state index contributed by atoms with van der Waals surface area (Å²) in [5.41, 5.74) is 2.01. The van der Waals surface area contributed by atoms with Crippen molar-refractivity contribution in [1.29, 1.82) is 0 Å². The van der Waals surface area contributed by atoms with Crippen LogP contribution in [0.4, 0.5) is 0 Å². The van der Waals surface area contributed by atoms with Crippen LogP contribution in [0, 0.1) is 0 Å². The minimum atomic E-state index is -1.38. The van der Waals surface area contributed by atoms with Crippen LogP contribution in [-0.2, 0) is 5.41 Å². The molecule has 0 unspecified atom stereocenters. The zero-order valence-electron chi connectivity index (χ0n) is 14.4. The maximum atomic E-state index is 13.6. The molecule has 2 aliphatic carbocycles. The highest BCUT2D eigenvalue weighted by Gasteiger charge is 2.60. The second kappa shape index (κ2) is 5.60. The lowest BCUT2D eigenvalue weighted by Gasteiger charge is -2.31. The molecule has 1 spiro atoms. The van der Waals surface area contributed by atoms with Crippen LogP contribution in [-0.4, -0.2) is 16.7 Å². The standard InChI is InChI=1S/C24H16O3/c25-21(15-8-2-1-3-9-15)20-14-16-10-4-7-13-19(16)24(20)22(26)17-11-5-6-12-18(17)23(24)27/h1-14,22,26H/t22-,24+/m0/s1. The van der Waals surface area contributed by atoms with Crippen molar-refractivity contribution in [1.82, 2.24) is 0 Å². The van der Waals surface area contributed by atoms with Gasteiger partial charge in [0.2, 0.25) is 0 Å². The van der Waals surface area contributed by atoms with E-state index in [0.29, 0.717) is 27.8 Å². The summed E-state index contributed by atoms with van der Waals surface area (Å²) in [5.74, 6) is -0.446. The number of hydrogen-bond acceptors (Lipinski definition) is 3. The highest BCUT2D eigenvalue weighted by Crippen LogP contribution is 2.56. The number of hydrogen-bond donors (Lipinski definition) is 1. The third-order valence-electron chi connectivity index (χ3n) is 5.66. The molecule has 0 saturated heterocycles. The molecule has 0 heterocycles. The molecule has 0 saturated carbocycles. The Morgan fingerprint density at radius 3 is 2.30 bits per heavy atom. The molecule has 5 rings (SSSR count). The molecule has 0 bridgehead atoms. The van der Waals surface area contributed by atoms with E-state index in [-0.39, 0.29) is 11.6 Å². The van der Waals surface area contributed by atoms with Crippen LogP contribution in [0.1, 0.15) is 43.5 Å². The first-order chi connectivity index (χ1) is 13.2. The molecule has 0 aromatic heterocycles. The molecule has 2 atom stereocenters. The van der Waals surface area contributed by atoms with Gasteiger partial charge in [0.15, 0.2) is 11.6 Å². The van der Waals surface area contributed by atoms with Gasteiger partial charge in [0, 0.05) is 16.7 Å². The number of carbonyl (C=O) groups is 2. The van der Waals surface area contributed by atoms with Crippen molar-refractivity contribution in [2.75, 3.05) is 0 Å². The number of aliphatic hydroxyl groups is 1. The third kappa shape index (κ3) is 1.95. The van der Waals surface area contributed by atoms with E-state index in [9.17, 15) is 14.7 Å². The maximum absolute atomic E-state index is 13.6. The Balaban J connectivity index is 1.78. The van der Waals surface area contributed by atoms with Gasteiger partial charge in [-0.05, 0) is 22.8 Å². The molecule has 0 radical (unpaired) electrons. The lowest BCUT2D eigenvalue weighted by atomic mass is 9.70. The van der Waals surface area contributed by atoms with E-state index in [1.165, 1.54) is 0 Å². The van der Waals surface area contributed by atoms with Gasteiger partial charge < -0.3 is 5.11 Å². The molecule has 1 N–H and O–H groups in total. The lowest BCUT2D eigenvalue weighted by Crippen LogP contribution is -2.39. The van der Waals surface area contributed by atoms with Crippen molar-refractivity contribution >= 4 is 17.6 Å².